The molecule has 0 spiro atoms. The van der Waals surface area contributed by atoms with E-state index in [1.165, 1.54) is 12.1 Å². The van der Waals surface area contributed by atoms with Crippen molar-refractivity contribution in [2.75, 3.05) is 6.54 Å². The van der Waals surface area contributed by atoms with Gasteiger partial charge in [0.05, 0.1) is 0 Å². The Morgan fingerprint density at radius 1 is 1.04 bits per heavy atom. The first-order valence-electron chi connectivity index (χ1n) is 8.45. The fourth-order valence-corrected chi connectivity index (χ4v) is 5.74. The maximum absolute atomic E-state index is 13.5. The fourth-order valence-electron chi connectivity index (χ4n) is 3.71. The third-order valence-corrected chi connectivity index (χ3v) is 7.40. The summed E-state index contributed by atoms with van der Waals surface area (Å²) < 4.78 is 25.7. The Hall–Kier alpha value is -2.45. The summed E-state index contributed by atoms with van der Waals surface area (Å²) in [6, 6.07) is 9.19. The Bertz CT molecular complexity index is 972. The molecule has 1 heterocycles. The third kappa shape index (κ3) is 2.75. The van der Waals surface area contributed by atoms with Crippen LogP contribution in [0.1, 0.15) is 25.7 Å². The molecule has 1 aliphatic heterocycles. The second-order valence-electron chi connectivity index (χ2n) is 6.54. The van der Waals surface area contributed by atoms with Crippen LogP contribution in [0.3, 0.4) is 0 Å². The van der Waals surface area contributed by atoms with Crippen molar-refractivity contribution in [3.8, 4) is 0 Å². The lowest BCUT2D eigenvalue weighted by molar-refractivity contribution is -0.740. The second kappa shape index (κ2) is 6.69. The van der Waals surface area contributed by atoms with E-state index in [1.54, 1.807) is 18.2 Å². The van der Waals surface area contributed by atoms with Gasteiger partial charge in [0, 0.05) is 6.42 Å². The summed E-state index contributed by atoms with van der Waals surface area (Å²) in [5.74, 6) is -1.32. The molecule has 1 aliphatic rings. The minimum Gasteiger partial charge on any atom is -0.477 e. The minimum atomic E-state index is -4.35. The van der Waals surface area contributed by atoms with Crippen LogP contribution in [0.15, 0.2) is 47.4 Å². The number of hydrogen-bond acceptors (Lipinski definition) is 4. The number of carbonyl (C=O) groups is 2. The molecule has 2 amide bonds. The monoisotopic (exact) mass is 377 g/mol. The number of benzene rings is 2. The van der Waals surface area contributed by atoms with E-state index < -0.39 is 32.0 Å². The van der Waals surface area contributed by atoms with Crippen LogP contribution in [0.4, 0.5) is 4.79 Å². The smallest absolute Gasteiger partial charge is 0.430 e. The Balaban J connectivity index is 2.24. The van der Waals surface area contributed by atoms with Gasteiger partial charge in [-0.3, -0.25) is 0 Å². The number of fused-ring (bicyclic) bond motifs is 1. The lowest BCUT2D eigenvalue weighted by Crippen LogP contribution is -2.66. The topological polar surface area (TPSA) is 115 Å². The zero-order chi connectivity index (χ0) is 18.9. The molecule has 2 aromatic rings. The van der Waals surface area contributed by atoms with Gasteiger partial charge in [0.25, 0.3) is 0 Å². The molecule has 2 unspecified atom stereocenters. The number of sulfonamides is 1. The van der Waals surface area contributed by atoms with Crippen molar-refractivity contribution in [2.45, 2.75) is 36.6 Å². The van der Waals surface area contributed by atoms with Crippen LogP contribution in [0.25, 0.3) is 10.8 Å². The lowest BCUT2D eigenvalue weighted by Gasteiger charge is -2.35. The first-order chi connectivity index (χ1) is 12.3. The van der Waals surface area contributed by atoms with E-state index in [0.717, 1.165) is 5.39 Å². The highest BCUT2D eigenvalue weighted by atomic mass is 32.2. The van der Waals surface area contributed by atoms with E-state index in [0.29, 0.717) is 24.6 Å². The Labute approximate surface area is 151 Å². The normalized spacial score (nSPS) is 24.1. The Kier molecular flexibility index (Phi) is 4.72. The standard InChI is InChI=1S/C18H20N2O5S/c19-18(23)20(11-5-1-2-8-16(20)17(21)22)26(24,25)15-10-9-13-6-3-4-7-14(13)12-15/h3-4,6-7,9-10,12,16H,1-2,5,8,11H2,(H2-,19,21,22,23)/p+1. The molecule has 0 bridgehead atoms. The van der Waals surface area contributed by atoms with Crippen LogP contribution in [0, 0.1) is 0 Å². The number of rotatable bonds is 3. The molecule has 2 aromatic carbocycles. The predicted octanol–water partition coefficient (Wildman–Crippen LogP) is 2.45. The fraction of sp³-hybridized carbons (Fsp3) is 0.333. The summed E-state index contributed by atoms with van der Waals surface area (Å²) >= 11 is 0. The number of urea groups is 1. The molecule has 8 heteroatoms. The molecule has 3 rings (SSSR count). The van der Waals surface area contributed by atoms with Crippen LogP contribution in [0.5, 0.6) is 0 Å². The van der Waals surface area contributed by atoms with Gasteiger partial charge in [0.1, 0.15) is 11.4 Å². The van der Waals surface area contributed by atoms with Crippen LogP contribution in [-0.2, 0) is 14.8 Å². The maximum atomic E-state index is 13.5. The highest BCUT2D eigenvalue weighted by Gasteiger charge is 2.58. The van der Waals surface area contributed by atoms with E-state index in [2.05, 4.69) is 0 Å². The lowest BCUT2D eigenvalue weighted by atomic mass is 10.1. The van der Waals surface area contributed by atoms with Crippen LogP contribution < -0.4 is 5.73 Å². The molecule has 0 aliphatic carbocycles. The molecule has 0 saturated carbocycles. The first-order valence-corrected chi connectivity index (χ1v) is 9.89. The van der Waals surface area contributed by atoms with Gasteiger partial charge in [0.15, 0.2) is 0 Å². The van der Waals surface area contributed by atoms with Crippen LogP contribution in [-0.4, -0.2) is 42.0 Å². The number of nitrogens with zero attached hydrogens (tertiary/aromatic N) is 1. The number of aliphatic carboxylic acids is 1. The van der Waals surface area contributed by atoms with Crippen molar-refractivity contribution in [3.63, 3.8) is 0 Å². The van der Waals surface area contributed by atoms with Gasteiger partial charge in [-0.25, -0.2) is 9.59 Å². The average Bonchev–Trinajstić information content (AvgIpc) is 2.85. The molecule has 2 atom stereocenters. The van der Waals surface area contributed by atoms with Crippen LogP contribution >= 0.6 is 0 Å². The van der Waals surface area contributed by atoms with Crippen molar-refractivity contribution in [1.29, 1.82) is 0 Å². The van der Waals surface area contributed by atoms with Gasteiger partial charge < -0.3 is 10.8 Å². The molecule has 1 fully saturated rings. The van der Waals surface area contributed by atoms with E-state index >= 15 is 0 Å². The largest absolute Gasteiger partial charge is 0.477 e. The summed E-state index contributed by atoms with van der Waals surface area (Å²) in [4.78, 5) is 24.1. The predicted molar refractivity (Wildman–Crippen MR) is 95.7 cm³/mol. The number of nitrogens with two attached hydrogens (primary N) is 1. The zero-order valence-electron chi connectivity index (χ0n) is 14.2. The second-order valence-corrected chi connectivity index (χ2v) is 8.62. The van der Waals surface area contributed by atoms with Crippen molar-refractivity contribution < 1.29 is 27.0 Å². The molecular formula is C18H21N2O5S+. The summed E-state index contributed by atoms with van der Waals surface area (Å²) in [5, 5.41) is 11.2. The molecule has 7 nitrogen and oxygen atoms in total. The van der Waals surface area contributed by atoms with Crippen molar-refractivity contribution >= 4 is 32.8 Å². The summed E-state index contributed by atoms with van der Waals surface area (Å²) in [7, 11) is -4.35. The molecule has 0 aromatic heterocycles. The molecule has 3 N–H and O–H groups in total. The van der Waals surface area contributed by atoms with Gasteiger partial charge >= 0.3 is 22.0 Å². The number of hydrogen-bond donors (Lipinski definition) is 2. The molecular weight excluding hydrogens is 356 g/mol. The number of amides is 2. The average molecular weight is 377 g/mol. The van der Waals surface area contributed by atoms with Crippen molar-refractivity contribution in [1.82, 2.24) is 0 Å². The van der Waals surface area contributed by atoms with E-state index in [4.69, 9.17) is 5.73 Å². The van der Waals surface area contributed by atoms with E-state index in [-0.39, 0.29) is 17.9 Å². The number of likely N-dealkylation sites (tertiary alicyclic amines) is 1. The van der Waals surface area contributed by atoms with E-state index in [9.17, 15) is 23.1 Å². The SMILES string of the molecule is NC(=O)[N+]1(S(=O)(=O)c2ccc3ccccc3c2)CCCCCC1C(=O)O. The summed E-state index contributed by atoms with van der Waals surface area (Å²) in [5.41, 5.74) is 5.53. The molecule has 26 heavy (non-hydrogen) atoms. The summed E-state index contributed by atoms with van der Waals surface area (Å²) in [6.45, 7) is -0.137. The van der Waals surface area contributed by atoms with E-state index in [1.807, 2.05) is 12.1 Å². The number of carboxylic acid groups (broad SMARTS) is 1. The number of primary amides is 1. The van der Waals surface area contributed by atoms with Crippen molar-refractivity contribution in [3.05, 3.63) is 42.5 Å². The third-order valence-electron chi connectivity index (χ3n) is 5.08. The minimum absolute atomic E-state index is 0.0884. The Morgan fingerprint density at radius 3 is 2.38 bits per heavy atom. The highest BCUT2D eigenvalue weighted by Crippen LogP contribution is 2.35. The van der Waals surface area contributed by atoms with Gasteiger partial charge in [0.2, 0.25) is 6.04 Å². The van der Waals surface area contributed by atoms with Crippen LogP contribution in [0.2, 0.25) is 0 Å². The van der Waals surface area contributed by atoms with Gasteiger partial charge in [-0.05, 0) is 42.2 Å². The van der Waals surface area contributed by atoms with Gasteiger partial charge in [-0.15, -0.1) is 3.89 Å². The van der Waals surface area contributed by atoms with Gasteiger partial charge in [-0.2, -0.15) is 8.42 Å². The first kappa shape index (κ1) is 18.3. The van der Waals surface area contributed by atoms with Crippen molar-refractivity contribution in [2.24, 2.45) is 5.73 Å². The Morgan fingerprint density at radius 2 is 1.73 bits per heavy atom. The highest BCUT2D eigenvalue weighted by molar-refractivity contribution is 7.86. The number of carbonyl (C=O) groups excluding carboxylic acids is 1. The molecule has 138 valence electrons. The molecule has 0 radical (unpaired) electrons. The quantitative estimate of drug-likeness (QED) is 0.798. The zero-order valence-corrected chi connectivity index (χ0v) is 15.0. The number of quaternary nitrogens is 1. The molecule has 1 saturated heterocycles. The number of carboxylic acids is 1. The summed E-state index contributed by atoms with van der Waals surface area (Å²) in [6.07, 6.45) is 1.70. The maximum Gasteiger partial charge on any atom is 0.430 e. The van der Waals surface area contributed by atoms with Gasteiger partial charge in [-0.1, -0.05) is 30.3 Å².